The van der Waals surface area contributed by atoms with Crippen molar-refractivity contribution in [3.05, 3.63) is 96.4 Å². The first-order valence-corrected chi connectivity index (χ1v) is 17.6. The first kappa shape index (κ1) is 31.6. The van der Waals surface area contributed by atoms with Gasteiger partial charge in [0.05, 0.1) is 13.8 Å². The number of hydrogen-bond acceptors (Lipinski definition) is 4. The molecule has 0 aliphatic carbocycles. The van der Waals surface area contributed by atoms with Crippen LogP contribution in [0, 0.1) is 6.07 Å². The van der Waals surface area contributed by atoms with E-state index in [2.05, 4.69) is 106 Å². The zero-order chi connectivity index (χ0) is 28.3. The maximum absolute atomic E-state index is 10.0. The quantitative estimate of drug-likeness (QED) is 0.0846. The number of carbonyl (C=O) groups is 1. The Bertz CT molecular complexity index is 1660. The van der Waals surface area contributed by atoms with Crippen molar-refractivity contribution in [1.82, 2.24) is 4.98 Å². The van der Waals surface area contributed by atoms with E-state index < -0.39 is 8.07 Å². The molecule has 0 spiro atoms. The number of carbonyl (C=O) groups excluding carboxylic acids is 1. The molecule has 40 heavy (non-hydrogen) atoms. The van der Waals surface area contributed by atoms with Crippen LogP contribution in [0.15, 0.2) is 84.8 Å². The Hall–Kier alpha value is -2.89. The summed E-state index contributed by atoms with van der Waals surface area (Å²) in [5.74, 6) is 0.370. The molecule has 0 bridgehead atoms. The normalized spacial score (nSPS) is 11.8. The van der Waals surface area contributed by atoms with Crippen LogP contribution in [0.1, 0.15) is 39.2 Å². The molecule has 0 amide bonds. The number of ketones is 1. The largest absolute Gasteiger partial charge is 0.512 e. The predicted octanol–water partition coefficient (Wildman–Crippen LogP) is 9.29. The van der Waals surface area contributed by atoms with Gasteiger partial charge < -0.3 is 5.11 Å². The van der Waals surface area contributed by atoms with Crippen LogP contribution in [0.4, 0.5) is 0 Å². The second kappa shape index (κ2) is 13.2. The number of fused-ring (bicyclic) bond motifs is 2. The van der Waals surface area contributed by atoms with Gasteiger partial charge in [-0.15, -0.1) is 23.6 Å². The van der Waals surface area contributed by atoms with Gasteiger partial charge in [-0.2, -0.15) is 11.3 Å². The van der Waals surface area contributed by atoms with Gasteiger partial charge in [-0.1, -0.05) is 98.3 Å². The fourth-order valence-electron chi connectivity index (χ4n) is 4.55. The molecule has 3 aromatic carbocycles. The summed E-state index contributed by atoms with van der Waals surface area (Å²) < 4.78 is 1.34. The van der Waals surface area contributed by atoms with E-state index in [1.807, 2.05) is 17.5 Å². The molecule has 3 nitrogen and oxygen atoms in total. The average molecular weight is 743 g/mol. The van der Waals surface area contributed by atoms with E-state index in [0.29, 0.717) is 5.92 Å². The Morgan fingerprint density at radius 1 is 1.00 bits per heavy atom. The molecule has 0 atom stereocenters. The summed E-state index contributed by atoms with van der Waals surface area (Å²) in [5, 5.41) is 13.5. The van der Waals surface area contributed by atoms with Crippen LogP contribution in [0.2, 0.25) is 19.6 Å². The van der Waals surface area contributed by atoms with Crippen molar-refractivity contribution in [3.8, 4) is 21.7 Å². The zero-order valence-electron chi connectivity index (χ0n) is 24.1. The second-order valence-corrected chi connectivity index (χ2v) is 17.4. The Labute approximate surface area is 256 Å². The Kier molecular flexibility index (Phi) is 10.4. The number of aromatic nitrogens is 1. The van der Waals surface area contributed by atoms with Crippen LogP contribution < -0.4 is 5.19 Å². The van der Waals surface area contributed by atoms with Crippen molar-refractivity contribution >= 4 is 51.2 Å². The molecule has 0 aliphatic heterocycles. The third-order valence-electron chi connectivity index (χ3n) is 6.54. The molecule has 2 aromatic heterocycles. The van der Waals surface area contributed by atoms with Gasteiger partial charge in [-0.3, -0.25) is 9.78 Å². The number of benzene rings is 3. The molecule has 6 heteroatoms. The van der Waals surface area contributed by atoms with Crippen LogP contribution in [0.25, 0.3) is 42.6 Å². The van der Waals surface area contributed by atoms with Crippen LogP contribution >= 0.6 is 11.3 Å². The van der Waals surface area contributed by atoms with Crippen molar-refractivity contribution in [2.24, 2.45) is 0 Å². The summed E-state index contributed by atoms with van der Waals surface area (Å²) in [5.41, 5.74) is 4.75. The maximum Gasteiger partial charge on any atom is 0.155 e. The molecule has 209 valence electrons. The fourth-order valence-corrected chi connectivity index (χ4v) is 7.01. The molecular formula is C34H36IrNO2SSi-. The molecule has 1 N–H and O–H groups in total. The smallest absolute Gasteiger partial charge is 0.155 e. The van der Waals surface area contributed by atoms with Gasteiger partial charge in [-0.25, -0.2) is 0 Å². The van der Waals surface area contributed by atoms with Crippen molar-refractivity contribution in [1.29, 1.82) is 0 Å². The van der Waals surface area contributed by atoms with Gasteiger partial charge in [0.2, 0.25) is 0 Å². The minimum absolute atomic E-state index is 0. The van der Waals surface area contributed by atoms with E-state index in [1.165, 1.54) is 62.0 Å². The van der Waals surface area contributed by atoms with E-state index in [0.717, 1.165) is 11.3 Å². The number of aliphatic hydroxyl groups is 1. The topological polar surface area (TPSA) is 50.2 Å². The van der Waals surface area contributed by atoms with Crippen LogP contribution in [-0.2, 0) is 24.9 Å². The molecule has 2 heterocycles. The number of rotatable bonds is 5. The maximum atomic E-state index is 10.0. The molecule has 0 saturated carbocycles. The van der Waals surface area contributed by atoms with Crippen LogP contribution in [0.5, 0.6) is 0 Å². The average Bonchev–Trinajstić information content (AvgIpc) is 3.31. The standard InChI is InChI=1S/C29H28NSSi.C5H8O2.Ir/c1-19(2)26-17-22(15-23-18-27(31-29(23)26)20-9-7-6-8-10-20)28-25-12-11-24(32(3,4)5)16-21(25)13-14-30-28;1-4(6)3-5(2)7;/h6-14,16-19H,1-5H3;3,6H,1-2H3;/q-1;;/b;4-3-;. The minimum atomic E-state index is -1.36. The Balaban J connectivity index is 0.000000492. The first-order valence-electron chi connectivity index (χ1n) is 13.3. The summed E-state index contributed by atoms with van der Waals surface area (Å²) >= 11 is 1.87. The predicted molar refractivity (Wildman–Crippen MR) is 171 cm³/mol. The molecule has 0 saturated heterocycles. The first-order chi connectivity index (χ1) is 18.4. The van der Waals surface area contributed by atoms with E-state index in [4.69, 9.17) is 10.1 Å². The van der Waals surface area contributed by atoms with Gasteiger partial charge in [0.25, 0.3) is 0 Å². The van der Waals surface area contributed by atoms with Crippen LogP contribution in [-0.4, -0.2) is 23.9 Å². The number of pyridine rings is 1. The molecule has 5 aromatic rings. The Morgan fingerprint density at radius 3 is 2.27 bits per heavy atom. The number of aliphatic hydroxyl groups excluding tert-OH is 1. The number of nitrogens with zero attached hydrogens (tertiary/aromatic N) is 1. The summed E-state index contributed by atoms with van der Waals surface area (Å²) in [6, 6.07) is 28.0. The number of thiophene rings is 1. The third-order valence-corrected chi connectivity index (χ3v) is 9.82. The Morgan fingerprint density at radius 2 is 1.70 bits per heavy atom. The SMILES string of the molecule is CC(=O)/C=C(/C)O.CC(C)c1cc(-c2nccc3cc([Si](C)(C)C)ccc23)[c-]c2cc(-c3ccccc3)sc12.[Ir]. The number of hydrogen-bond donors (Lipinski definition) is 1. The van der Waals surface area contributed by atoms with Gasteiger partial charge in [0, 0.05) is 38.1 Å². The number of allylic oxidation sites excluding steroid dienone is 2. The molecular weight excluding hydrogens is 707 g/mol. The summed E-state index contributed by atoms with van der Waals surface area (Å²) in [4.78, 5) is 16.1. The molecule has 0 unspecified atom stereocenters. The summed E-state index contributed by atoms with van der Waals surface area (Å²) in [6.07, 6.45) is 3.11. The van der Waals surface area contributed by atoms with Crippen LogP contribution in [0.3, 0.4) is 0 Å². The fraction of sp³-hybridized carbons (Fsp3) is 0.235. The molecule has 0 fully saturated rings. The monoisotopic (exact) mass is 743 g/mol. The van der Waals surface area contributed by atoms with E-state index >= 15 is 0 Å². The van der Waals surface area contributed by atoms with Crippen molar-refractivity contribution in [2.45, 2.75) is 53.3 Å². The van der Waals surface area contributed by atoms with Crippen molar-refractivity contribution in [2.75, 3.05) is 0 Å². The van der Waals surface area contributed by atoms with Gasteiger partial charge in [0.15, 0.2) is 5.78 Å². The van der Waals surface area contributed by atoms with Gasteiger partial charge in [-0.05, 0) is 51.7 Å². The summed E-state index contributed by atoms with van der Waals surface area (Å²) in [7, 11) is -1.36. The third kappa shape index (κ3) is 7.44. The summed E-state index contributed by atoms with van der Waals surface area (Å²) in [6.45, 7) is 14.6. The van der Waals surface area contributed by atoms with Gasteiger partial charge >= 0.3 is 0 Å². The van der Waals surface area contributed by atoms with E-state index in [-0.39, 0.29) is 31.6 Å². The minimum Gasteiger partial charge on any atom is -0.512 e. The van der Waals surface area contributed by atoms with E-state index in [1.54, 1.807) is 0 Å². The van der Waals surface area contributed by atoms with E-state index in [9.17, 15) is 4.79 Å². The zero-order valence-corrected chi connectivity index (χ0v) is 28.3. The second-order valence-electron chi connectivity index (χ2n) is 11.3. The molecule has 5 rings (SSSR count). The molecule has 0 aliphatic rings. The van der Waals surface area contributed by atoms with Gasteiger partial charge in [0.1, 0.15) is 0 Å². The van der Waals surface area contributed by atoms with Crippen molar-refractivity contribution in [3.63, 3.8) is 0 Å². The molecule has 1 radical (unpaired) electrons. The van der Waals surface area contributed by atoms with Crippen molar-refractivity contribution < 1.29 is 30.0 Å².